The molecule has 0 fully saturated rings. The van der Waals surface area contributed by atoms with Crippen molar-refractivity contribution in [1.82, 2.24) is 14.9 Å². The van der Waals surface area contributed by atoms with Gasteiger partial charge in [0.05, 0.1) is 18.3 Å². The van der Waals surface area contributed by atoms with E-state index in [0.717, 1.165) is 29.5 Å². The highest BCUT2D eigenvalue weighted by Gasteiger charge is 2.22. The maximum Gasteiger partial charge on any atom is 0.405 e. The molecule has 0 aliphatic carbocycles. The Balaban J connectivity index is 1.94. The van der Waals surface area contributed by atoms with Gasteiger partial charge in [-0.25, -0.2) is 9.78 Å². The molecule has 0 saturated heterocycles. The Morgan fingerprint density at radius 3 is 2.90 bits per heavy atom. The average molecular weight is 430 g/mol. The molecule has 1 aliphatic heterocycles. The third-order valence-electron chi connectivity index (χ3n) is 4.89. The minimum absolute atomic E-state index is 0.331. The molecule has 0 spiro atoms. The first-order valence-corrected chi connectivity index (χ1v) is 14.1. The van der Waals surface area contributed by atoms with E-state index in [1.165, 1.54) is 0 Å². The molecule has 162 valence electrons. The summed E-state index contributed by atoms with van der Waals surface area (Å²) in [5, 5.41) is 12.0. The fraction of sp³-hybridized carbons (Fsp3) is 0.455. The number of hydrogen-bond acceptors (Lipinski definition) is 4. The zero-order valence-corrected chi connectivity index (χ0v) is 18.9. The number of para-hydroxylation sites is 1. The molecule has 2 aromatic rings. The van der Waals surface area contributed by atoms with Crippen LogP contribution < -0.4 is 10.1 Å². The number of benzene rings is 1. The number of hydrogen-bond donors (Lipinski definition) is 2. The smallest absolute Gasteiger partial charge is 0.405 e. The summed E-state index contributed by atoms with van der Waals surface area (Å²) in [7, 11) is -1.19. The van der Waals surface area contributed by atoms with Crippen LogP contribution in [0, 0.1) is 0 Å². The highest BCUT2D eigenvalue weighted by Crippen LogP contribution is 2.31. The lowest BCUT2D eigenvalue weighted by Gasteiger charge is -2.18. The van der Waals surface area contributed by atoms with Gasteiger partial charge in [-0.3, -0.25) is 0 Å². The van der Waals surface area contributed by atoms with Crippen LogP contribution in [0.1, 0.15) is 24.7 Å². The number of carbonyl (C=O) groups is 1. The molecule has 8 heteroatoms. The van der Waals surface area contributed by atoms with Gasteiger partial charge in [0.2, 0.25) is 0 Å². The summed E-state index contributed by atoms with van der Waals surface area (Å²) in [6.07, 6.45) is 6.11. The van der Waals surface area contributed by atoms with E-state index in [4.69, 9.17) is 14.5 Å². The summed E-state index contributed by atoms with van der Waals surface area (Å²) in [5.41, 5.74) is 1.63. The maximum atomic E-state index is 11.4. The molecule has 3 rings (SSSR count). The van der Waals surface area contributed by atoms with Crippen molar-refractivity contribution in [1.29, 1.82) is 0 Å². The first kappa shape index (κ1) is 22.1. The van der Waals surface area contributed by atoms with Gasteiger partial charge in [-0.2, -0.15) is 0 Å². The molecule has 0 unspecified atom stereocenters. The zero-order valence-electron chi connectivity index (χ0n) is 17.9. The number of amides is 1. The van der Waals surface area contributed by atoms with Gasteiger partial charge in [0.1, 0.15) is 18.3 Å². The molecule has 1 aliphatic rings. The van der Waals surface area contributed by atoms with Crippen LogP contribution in [0.4, 0.5) is 4.79 Å². The lowest BCUT2D eigenvalue weighted by Crippen LogP contribution is -2.29. The minimum atomic E-state index is -1.19. The normalized spacial score (nSPS) is 17.8. The fourth-order valence-electron chi connectivity index (χ4n) is 3.25. The van der Waals surface area contributed by atoms with E-state index in [9.17, 15) is 9.90 Å². The van der Waals surface area contributed by atoms with Crippen LogP contribution >= 0.6 is 0 Å². The summed E-state index contributed by atoms with van der Waals surface area (Å²) in [5.74, 6) is 1.41. The van der Waals surface area contributed by atoms with Crippen LogP contribution in [-0.2, 0) is 11.5 Å². The van der Waals surface area contributed by atoms with Crippen LogP contribution in [0.3, 0.4) is 0 Å². The number of rotatable bonds is 6. The Labute approximate surface area is 178 Å². The van der Waals surface area contributed by atoms with E-state index in [1.807, 2.05) is 47.2 Å². The topological polar surface area (TPSA) is 85.6 Å². The quantitative estimate of drug-likeness (QED) is 0.387. The lowest BCUT2D eigenvalue weighted by atomic mass is 10.1. The van der Waals surface area contributed by atoms with Gasteiger partial charge < -0.3 is 24.5 Å². The summed E-state index contributed by atoms with van der Waals surface area (Å²) < 4.78 is 13.8. The number of imidazole rings is 1. The van der Waals surface area contributed by atoms with E-state index in [1.54, 1.807) is 0 Å². The number of carboxylic acid groups (broad SMARTS) is 1. The Hall–Kier alpha value is -2.58. The third-order valence-corrected chi connectivity index (χ3v) is 6.59. The molecule has 1 aromatic heterocycles. The summed E-state index contributed by atoms with van der Waals surface area (Å²) in [6, 6.07) is 8.40. The van der Waals surface area contributed by atoms with Gasteiger partial charge in [0.15, 0.2) is 0 Å². The molecule has 0 saturated carbocycles. The van der Waals surface area contributed by atoms with Crippen molar-refractivity contribution < 1.29 is 19.4 Å². The molecular weight excluding hydrogens is 398 g/mol. The van der Waals surface area contributed by atoms with Crippen molar-refractivity contribution in [3.8, 4) is 17.0 Å². The molecule has 30 heavy (non-hydrogen) atoms. The SMILES string of the molecule is C[Si](C)(C)CCOCn1cc2nc1[C@@H](NC(=O)O)C/C=C\CCOc1ccccc1-2. The predicted octanol–water partition coefficient (Wildman–Crippen LogP) is 4.90. The average Bonchev–Trinajstić information content (AvgIpc) is 3.09. The summed E-state index contributed by atoms with van der Waals surface area (Å²) in [4.78, 5) is 16.2. The van der Waals surface area contributed by atoms with Gasteiger partial charge in [0, 0.05) is 26.4 Å². The first-order valence-electron chi connectivity index (χ1n) is 10.3. The van der Waals surface area contributed by atoms with Gasteiger partial charge in [-0.1, -0.05) is 43.9 Å². The van der Waals surface area contributed by atoms with Crippen LogP contribution in [0.5, 0.6) is 5.75 Å². The van der Waals surface area contributed by atoms with Crippen molar-refractivity contribution >= 4 is 14.2 Å². The maximum absolute atomic E-state index is 11.4. The highest BCUT2D eigenvalue weighted by atomic mass is 28.3. The predicted molar refractivity (Wildman–Crippen MR) is 120 cm³/mol. The van der Waals surface area contributed by atoms with Gasteiger partial charge in [0.25, 0.3) is 0 Å². The second-order valence-electron chi connectivity index (χ2n) is 8.64. The fourth-order valence-corrected chi connectivity index (χ4v) is 4.01. The first-order chi connectivity index (χ1) is 14.3. The Kier molecular flexibility index (Phi) is 7.33. The molecular formula is C22H31N3O4Si. The number of nitrogens with zero attached hydrogens (tertiary/aromatic N) is 2. The molecule has 2 heterocycles. The largest absolute Gasteiger partial charge is 0.493 e. The second-order valence-corrected chi connectivity index (χ2v) is 14.3. The van der Waals surface area contributed by atoms with E-state index >= 15 is 0 Å². The number of aromatic nitrogens is 2. The molecule has 0 radical (unpaired) electrons. The molecule has 1 amide bonds. The molecule has 2 N–H and O–H groups in total. The van der Waals surface area contributed by atoms with Crippen LogP contribution in [0.15, 0.2) is 42.6 Å². The van der Waals surface area contributed by atoms with Gasteiger partial charge >= 0.3 is 6.09 Å². The van der Waals surface area contributed by atoms with Crippen LogP contribution in [0.2, 0.25) is 25.7 Å². The van der Waals surface area contributed by atoms with Crippen molar-refractivity contribution in [2.75, 3.05) is 13.2 Å². The van der Waals surface area contributed by atoms with Crippen LogP contribution in [0.25, 0.3) is 11.3 Å². The minimum Gasteiger partial charge on any atom is -0.493 e. The van der Waals surface area contributed by atoms with Crippen molar-refractivity contribution in [2.24, 2.45) is 0 Å². The zero-order chi connectivity index (χ0) is 21.6. The van der Waals surface area contributed by atoms with E-state index in [2.05, 4.69) is 25.0 Å². The van der Waals surface area contributed by atoms with Gasteiger partial charge in [-0.15, -0.1) is 0 Å². The monoisotopic (exact) mass is 429 g/mol. The van der Waals surface area contributed by atoms with Crippen molar-refractivity contribution in [3.05, 3.63) is 48.4 Å². The molecule has 1 aromatic carbocycles. The summed E-state index contributed by atoms with van der Waals surface area (Å²) >= 11 is 0. The Morgan fingerprint density at radius 2 is 2.13 bits per heavy atom. The Morgan fingerprint density at radius 1 is 1.33 bits per heavy atom. The standard InChI is InChI=1S/C22H31N3O4Si/c1-30(2,3)14-13-28-16-25-15-19-17-9-6-7-11-20(17)29-12-8-4-5-10-18(21(25)23-19)24-22(26)27/h4-7,9,11,15,18,24H,8,10,12-14,16H2,1-3H3,(H,26,27)/b5-4-/t18-/m0/s1. The van der Waals surface area contributed by atoms with Crippen molar-refractivity contribution in [3.63, 3.8) is 0 Å². The van der Waals surface area contributed by atoms with E-state index in [0.29, 0.717) is 32.2 Å². The van der Waals surface area contributed by atoms with E-state index in [-0.39, 0.29) is 0 Å². The molecule has 1 atom stereocenters. The Bertz CT molecular complexity index is 889. The summed E-state index contributed by atoms with van der Waals surface area (Å²) in [6.45, 7) is 8.51. The second kappa shape index (κ2) is 9.95. The highest BCUT2D eigenvalue weighted by molar-refractivity contribution is 6.76. The number of nitrogens with one attached hydrogen (secondary N) is 1. The molecule has 7 nitrogen and oxygen atoms in total. The number of fused-ring (bicyclic) bond motifs is 4. The lowest BCUT2D eigenvalue weighted by molar-refractivity contribution is 0.0837. The number of ether oxygens (including phenoxy) is 2. The molecule has 2 bridgehead atoms. The van der Waals surface area contributed by atoms with Crippen LogP contribution in [-0.4, -0.2) is 42.0 Å². The van der Waals surface area contributed by atoms with Gasteiger partial charge in [-0.05, 0) is 31.0 Å². The van der Waals surface area contributed by atoms with Crippen molar-refractivity contribution in [2.45, 2.75) is 51.3 Å². The third kappa shape index (κ3) is 6.21. The van der Waals surface area contributed by atoms with E-state index < -0.39 is 20.2 Å².